The van der Waals surface area contributed by atoms with Gasteiger partial charge in [-0.1, -0.05) is 15.9 Å². The van der Waals surface area contributed by atoms with Crippen molar-refractivity contribution in [1.82, 2.24) is 0 Å². The van der Waals surface area contributed by atoms with Crippen LogP contribution < -0.4 is 20.0 Å². The van der Waals surface area contributed by atoms with Crippen molar-refractivity contribution in [1.29, 1.82) is 0 Å². The number of alkyl halides is 1. The zero-order valence-corrected chi connectivity index (χ0v) is 20.6. The first-order valence-corrected chi connectivity index (χ1v) is 12.1. The lowest BCUT2D eigenvalue weighted by atomic mass is 9.90. The van der Waals surface area contributed by atoms with E-state index in [-0.39, 0.29) is 11.3 Å². The number of hydrogen-bond acceptors (Lipinski definition) is 7. The zero-order valence-electron chi connectivity index (χ0n) is 19.0. The van der Waals surface area contributed by atoms with Crippen molar-refractivity contribution in [2.45, 2.75) is 43.9 Å². The van der Waals surface area contributed by atoms with Crippen LogP contribution in [0.1, 0.15) is 48.2 Å². The van der Waals surface area contributed by atoms with E-state index in [0.717, 1.165) is 49.7 Å². The molecular formula is C26H24BrNO6. The first-order chi connectivity index (χ1) is 16.2. The second-order valence-electron chi connectivity index (χ2n) is 9.15. The molecule has 0 bridgehead atoms. The third-order valence-electron chi connectivity index (χ3n) is 6.17. The van der Waals surface area contributed by atoms with Crippen molar-refractivity contribution >= 4 is 44.5 Å². The second kappa shape index (κ2) is 8.58. The number of carbonyl (C=O) groups is 2. The minimum Gasteiger partial charge on any atom is -0.426 e. The number of hydrogen-bond donors (Lipinski definition) is 0. The third-order valence-corrected chi connectivity index (χ3v) is 6.49. The molecule has 0 fully saturated rings. The normalized spacial score (nSPS) is 15.1. The smallest absolute Gasteiger partial charge is 0.351 e. The van der Waals surface area contributed by atoms with Crippen LogP contribution in [-0.2, 0) is 17.6 Å². The van der Waals surface area contributed by atoms with Gasteiger partial charge < -0.3 is 18.8 Å². The van der Waals surface area contributed by atoms with Crippen LogP contribution >= 0.6 is 15.9 Å². The summed E-state index contributed by atoms with van der Waals surface area (Å²) in [5, 5.41) is 0.740. The van der Waals surface area contributed by atoms with Crippen LogP contribution in [0.15, 0.2) is 45.6 Å². The van der Waals surface area contributed by atoms with Crippen molar-refractivity contribution in [3.05, 3.63) is 63.5 Å². The minimum atomic E-state index is -0.821. The van der Waals surface area contributed by atoms with Crippen LogP contribution in [-0.4, -0.2) is 29.4 Å². The fourth-order valence-electron chi connectivity index (χ4n) is 4.55. The minimum absolute atomic E-state index is 0.153. The molecule has 3 aromatic rings. The summed E-state index contributed by atoms with van der Waals surface area (Å²) in [5.74, 6) is -0.709. The highest BCUT2D eigenvalue weighted by Gasteiger charge is 2.28. The summed E-state index contributed by atoms with van der Waals surface area (Å²) >= 11 is 3.25. The highest BCUT2D eigenvalue weighted by molar-refractivity contribution is 9.10. The van der Waals surface area contributed by atoms with Crippen molar-refractivity contribution < 1.29 is 23.5 Å². The molecule has 0 radical (unpaired) electrons. The molecule has 0 saturated carbocycles. The molecule has 0 aliphatic carbocycles. The van der Waals surface area contributed by atoms with E-state index in [9.17, 15) is 14.4 Å². The standard InChI is InChI=1S/C26H24BrNO6/c1-26(2,27)25(31)33-18-9-7-17(8-10-18)32-23(29)20-14-16-13-15-5-3-11-28-12-4-6-19(21(15)28)22(16)34-24(20)30/h7-10,13-14H,3-6,11-12H2,1-2H3. The summed E-state index contributed by atoms with van der Waals surface area (Å²) in [5.41, 5.74) is 3.19. The van der Waals surface area contributed by atoms with Crippen LogP contribution in [0.4, 0.5) is 5.69 Å². The Labute approximate surface area is 204 Å². The molecule has 0 saturated heterocycles. The van der Waals surface area contributed by atoms with Crippen molar-refractivity contribution in [3.63, 3.8) is 0 Å². The molecule has 7 nitrogen and oxygen atoms in total. The van der Waals surface area contributed by atoms with Crippen molar-refractivity contribution in [2.24, 2.45) is 0 Å². The molecular weight excluding hydrogens is 502 g/mol. The molecule has 0 unspecified atom stereocenters. The Balaban J connectivity index is 1.41. The maximum absolute atomic E-state index is 12.8. The predicted octanol–water partition coefficient (Wildman–Crippen LogP) is 4.79. The lowest BCUT2D eigenvalue weighted by Crippen LogP contribution is -2.34. The topological polar surface area (TPSA) is 86.0 Å². The number of anilines is 1. The van der Waals surface area contributed by atoms with E-state index >= 15 is 0 Å². The molecule has 3 heterocycles. The fraction of sp³-hybridized carbons (Fsp3) is 0.346. The van der Waals surface area contributed by atoms with E-state index in [1.54, 1.807) is 19.9 Å². The number of ether oxygens (including phenoxy) is 2. The second-order valence-corrected chi connectivity index (χ2v) is 11.1. The Kier molecular flexibility index (Phi) is 5.72. The molecule has 2 aromatic carbocycles. The predicted molar refractivity (Wildman–Crippen MR) is 131 cm³/mol. The Morgan fingerprint density at radius 3 is 2.32 bits per heavy atom. The fourth-order valence-corrected chi connectivity index (χ4v) is 4.64. The Morgan fingerprint density at radius 2 is 1.65 bits per heavy atom. The summed E-state index contributed by atoms with van der Waals surface area (Å²) in [6.07, 6.45) is 3.92. The number of benzene rings is 2. The summed E-state index contributed by atoms with van der Waals surface area (Å²) in [6, 6.07) is 9.64. The number of halogens is 1. The SMILES string of the molecule is CC(C)(Br)C(=O)Oc1ccc(OC(=O)c2cc3cc4c5c(c3oc2=O)CCCN5CCC4)cc1. The highest BCUT2D eigenvalue weighted by Crippen LogP contribution is 2.39. The quantitative estimate of drug-likeness (QED) is 0.209. The summed E-state index contributed by atoms with van der Waals surface area (Å²) in [4.78, 5) is 39.9. The van der Waals surface area contributed by atoms with Crippen LogP contribution in [0, 0.1) is 0 Å². The van der Waals surface area contributed by atoms with Gasteiger partial charge in [0.05, 0.1) is 0 Å². The molecule has 0 spiro atoms. The van der Waals surface area contributed by atoms with Gasteiger partial charge in [-0.15, -0.1) is 0 Å². The van der Waals surface area contributed by atoms with Gasteiger partial charge in [-0.3, -0.25) is 4.79 Å². The van der Waals surface area contributed by atoms with Crippen LogP contribution in [0.25, 0.3) is 11.0 Å². The zero-order chi connectivity index (χ0) is 24.0. The van der Waals surface area contributed by atoms with Crippen LogP contribution in [0.5, 0.6) is 11.5 Å². The summed E-state index contributed by atoms with van der Waals surface area (Å²) < 4.78 is 15.5. The third kappa shape index (κ3) is 4.22. The number of esters is 2. The van der Waals surface area contributed by atoms with Gasteiger partial charge in [0.25, 0.3) is 0 Å². The Hall–Kier alpha value is -3.13. The van der Waals surface area contributed by atoms with Gasteiger partial charge in [-0.2, -0.15) is 0 Å². The molecule has 5 rings (SSSR count). The highest BCUT2D eigenvalue weighted by atomic mass is 79.9. The van der Waals surface area contributed by atoms with Gasteiger partial charge in [0.2, 0.25) is 0 Å². The molecule has 2 aliphatic heterocycles. The molecule has 0 N–H and O–H groups in total. The lowest BCUT2D eigenvalue weighted by Gasteiger charge is -2.37. The average Bonchev–Trinajstić information content (AvgIpc) is 2.80. The number of aryl methyl sites for hydroxylation is 2. The average molecular weight is 526 g/mol. The van der Waals surface area contributed by atoms with E-state index in [2.05, 4.69) is 20.8 Å². The van der Waals surface area contributed by atoms with Crippen LogP contribution in [0.3, 0.4) is 0 Å². The largest absolute Gasteiger partial charge is 0.426 e. The lowest BCUT2D eigenvalue weighted by molar-refractivity contribution is -0.136. The van der Waals surface area contributed by atoms with Gasteiger partial charge in [-0.25, -0.2) is 9.59 Å². The first-order valence-electron chi connectivity index (χ1n) is 11.3. The summed E-state index contributed by atoms with van der Waals surface area (Å²) in [7, 11) is 0. The van der Waals surface area contributed by atoms with Gasteiger partial charge in [0.1, 0.15) is 27.0 Å². The van der Waals surface area contributed by atoms with E-state index in [0.29, 0.717) is 11.3 Å². The molecule has 176 valence electrons. The molecule has 0 atom stereocenters. The van der Waals surface area contributed by atoms with Gasteiger partial charge in [0.15, 0.2) is 0 Å². The Morgan fingerprint density at radius 1 is 1.00 bits per heavy atom. The maximum atomic E-state index is 12.8. The monoisotopic (exact) mass is 525 g/mol. The number of rotatable bonds is 4. The first kappa shape index (κ1) is 22.7. The molecule has 1 aromatic heterocycles. The summed E-state index contributed by atoms with van der Waals surface area (Å²) in [6.45, 7) is 5.40. The van der Waals surface area contributed by atoms with Gasteiger partial charge in [0, 0.05) is 29.7 Å². The van der Waals surface area contributed by atoms with Gasteiger partial charge in [-0.05, 0) is 81.5 Å². The molecule has 0 amide bonds. The molecule has 2 aliphatic rings. The van der Waals surface area contributed by atoms with Gasteiger partial charge >= 0.3 is 17.6 Å². The van der Waals surface area contributed by atoms with E-state index in [1.165, 1.54) is 35.5 Å². The maximum Gasteiger partial charge on any atom is 0.351 e. The van der Waals surface area contributed by atoms with E-state index in [1.807, 2.05) is 6.07 Å². The number of nitrogens with zero attached hydrogens (tertiary/aromatic N) is 1. The van der Waals surface area contributed by atoms with Crippen molar-refractivity contribution in [2.75, 3.05) is 18.0 Å². The van der Waals surface area contributed by atoms with Crippen molar-refractivity contribution in [3.8, 4) is 11.5 Å². The van der Waals surface area contributed by atoms with Crippen LogP contribution in [0.2, 0.25) is 0 Å². The Bertz CT molecular complexity index is 1350. The van der Waals surface area contributed by atoms with E-state index < -0.39 is 21.9 Å². The molecule has 34 heavy (non-hydrogen) atoms. The van der Waals surface area contributed by atoms with E-state index in [4.69, 9.17) is 13.9 Å². The number of carbonyl (C=O) groups excluding carboxylic acids is 2. The number of fused-ring (bicyclic) bond motifs is 2. The molecule has 8 heteroatoms.